The van der Waals surface area contributed by atoms with Gasteiger partial charge in [-0.3, -0.25) is 14.9 Å². The summed E-state index contributed by atoms with van der Waals surface area (Å²) in [5.41, 5.74) is 1.52. The topological polar surface area (TPSA) is 103 Å². The third-order valence-corrected chi connectivity index (χ3v) is 5.73. The number of hydrogen-bond donors (Lipinski definition) is 1. The van der Waals surface area contributed by atoms with Gasteiger partial charge in [0.15, 0.2) is 11.5 Å². The van der Waals surface area contributed by atoms with E-state index in [1.807, 2.05) is 18.2 Å². The second-order valence-corrected chi connectivity index (χ2v) is 7.82. The molecule has 0 aromatic heterocycles. The molecule has 9 heteroatoms. The molecule has 0 aliphatic carbocycles. The van der Waals surface area contributed by atoms with Crippen molar-refractivity contribution < 1.29 is 23.9 Å². The summed E-state index contributed by atoms with van der Waals surface area (Å²) in [6.45, 7) is 2.67. The molecule has 1 amide bonds. The van der Waals surface area contributed by atoms with Crippen LogP contribution in [0.5, 0.6) is 11.5 Å². The van der Waals surface area contributed by atoms with Crippen LogP contribution in [0.1, 0.15) is 41.2 Å². The molecule has 2 aliphatic heterocycles. The Kier molecular flexibility index (Phi) is 6.75. The van der Waals surface area contributed by atoms with Crippen LogP contribution in [0.15, 0.2) is 36.4 Å². The van der Waals surface area contributed by atoms with Gasteiger partial charge in [-0.25, -0.2) is 0 Å². The average Bonchev–Trinajstić information content (AvgIpc) is 3.17. The van der Waals surface area contributed by atoms with Crippen LogP contribution in [0.4, 0.5) is 11.4 Å². The van der Waals surface area contributed by atoms with Gasteiger partial charge in [0.05, 0.1) is 30.8 Å². The number of nitro benzene ring substituents is 1. The van der Waals surface area contributed by atoms with Crippen molar-refractivity contribution >= 4 is 17.3 Å². The summed E-state index contributed by atoms with van der Waals surface area (Å²) in [6.07, 6.45) is 2.51. The lowest BCUT2D eigenvalue weighted by Gasteiger charge is -2.26. The van der Waals surface area contributed by atoms with Gasteiger partial charge in [0, 0.05) is 38.2 Å². The second-order valence-electron chi connectivity index (χ2n) is 7.82. The van der Waals surface area contributed by atoms with Gasteiger partial charge in [-0.05, 0) is 42.7 Å². The number of nitrogens with zero attached hydrogens (tertiary/aromatic N) is 2. The summed E-state index contributed by atoms with van der Waals surface area (Å²) in [5.74, 6) is 1.20. The van der Waals surface area contributed by atoms with Crippen LogP contribution in [-0.4, -0.2) is 55.8 Å². The third-order valence-electron chi connectivity index (χ3n) is 5.73. The van der Waals surface area contributed by atoms with E-state index in [0.29, 0.717) is 55.7 Å². The van der Waals surface area contributed by atoms with E-state index in [4.69, 9.17) is 14.2 Å². The lowest BCUT2D eigenvalue weighted by molar-refractivity contribution is -0.384. The van der Waals surface area contributed by atoms with Gasteiger partial charge in [0.2, 0.25) is 0 Å². The molecule has 2 aromatic rings. The van der Waals surface area contributed by atoms with E-state index in [1.165, 1.54) is 6.07 Å². The number of fused-ring (bicyclic) bond motifs is 1. The van der Waals surface area contributed by atoms with Gasteiger partial charge < -0.3 is 24.4 Å². The van der Waals surface area contributed by atoms with Crippen LogP contribution in [0, 0.1) is 10.1 Å². The minimum Gasteiger partial charge on any atom is -0.490 e. The monoisotopic (exact) mass is 441 g/mol. The smallest absolute Gasteiger partial charge is 0.293 e. The minimum absolute atomic E-state index is 0.113. The molecule has 4 rings (SSSR count). The van der Waals surface area contributed by atoms with E-state index in [1.54, 1.807) is 24.1 Å². The van der Waals surface area contributed by atoms with Crippen LogP contribution in [0.3, 0.4) is 0 Å². The molecule has 2 aliphatic rings. The Bertz CT molecular complexity index is 996. The standard InChI is InChI=1S/C23H27N3O6/c1-30-13-9-24-18-7-5-17(14-20(18)26(28)29)23(27)25-10-2-4-19(25)16-6-8-21-22(15-16)32-12-3-11-31-21/h5-8,14-15,19,24H,2-4,9-13H2,1H3/t19-/m0/s1. The van der Waals surface area contributed by atoms with Crippen LogP contribution in [-0.2, 0) is 4.74 Å². The second kappa shape index (κ2) is 9.86. The number of nitro groups is 1. The molecular formula is C23H27N3O6. The predicted molar refractivity (Wildman–Crippen MR) is 119 cm³/mol. The summed E-state index contributed by atoms with van der Waals surface area (Å²) < 4.78 is 16.5. The number of amides is 1. The normalized spacial score (nSPS) is 17.7. The lowest BCUT2D eigenvalue weighted by atomic mass is 10.0. The van der Waals surface area contributed by atoms with E-state index in [9.17, 15) is 14.9 Å². The van der Waals surface area contributed by atoms with Crippen LogP contribution in [0.25, 0.3) is 0 Å². The fourth-order valence-corrected chi connectivity index (χ4v) is 4.16. The number of carbonyl (C=O) groups excluding carboxylic acids is 1. The van der Waals surface area contributed by atoms with Gasteiger partial charge in [-0.2, -0.15) is 0 Å². The zero-order valence-corrected chi connectivity index (χ0v) is 18.0. The number of rotatable bonds is 7. The van der Waals surface area contributed by atoms with Crippen LogP contribution >= 0.6 is 0 Å². The van der Waals surface area contributed by atoms with Gasteiger partial charge in [0.1, 0.15) is 5.69 Å². The first kappa shape index (κ1) is 21.9. The molecule has 0 bridgehead atoms. The molecule has 0 radical (unpaired) electrons. The summed E-state index contributed by atoms with van der Waals surface area (Å²) in [4.78, 5) is 26.2. The van der Waals surface area contributed by atoms with Gasteiger partial charge in [-0.1, -0.05) is 6.07 Å². The highest BCUT2D eigenvalue weighted by atomic mass is 16.6. The van der Waals surface area contributed by atoms with E-state index in [0.717, 1.165) is 24.8 Å². The maximum atomic E-state index is 13.3. The highest BCUT2D eigenvalue weighted by Crippen LogP contribution is 2.39. The van der Waals surface area contributed by atoms with Crippen molar-refractivity contribution in [2.75, 3.05) is 45.3 Å². The molecule has 0 spiro atoms. The molecule has 1 atom stereocenters. The van der Waals surface area contributed by atoms with Crippen molar-refractivity contribution in [2.24, 2.45) is 0 Å². The first-order valence-electron chi connectivity index (χ1n) is 10.8. The fourth-order valence-electron chi connectivity index (χ4n) is 4.16. The van der Waals surface area contributed by atoms with E-state index < -0.39 is 4.92 Å². The van der Waals surface area contributed by atoms with Crippen molar-refractivity contribution in [1.82, 2.24) is 4.90 Å². The Morgan fingerprint density at radius 3 is 2.78 bits per heavy atom. The molecule has 1 N–H and O–H groups in total. The van der Waals surface area contributed by atoms with Gasteiger partial charge in [-0.15, -0.1) is 0 Å². The van der Waals surface area contributed by atoms with Crippen molar-refractivity contribution in [2.45, 2.75) is 25.3 Å². The number of carbonyl (C=O) groups is 1. The molecule has 170 valence electrons. The largest absolute Gasteiger partial charge is 0.490 e. The number of likely N-dealkylation sites (tertiary alicyclic amines) is 1. The van der Waals surface area contributed by atoms with Crippen molar-refractivity contribution in [3.63, 3.8) is 0 Å². The molecular weight excluding hydrogens is 414 g/mol. The van der Waals surface area contributed by atoms with E-state index >= 15 is 0 Å². The quantitative estimate of drug-likeness (QED) is 0.396. The van der Waals surface area contributed by atoms with Crippen LogP contribution < -0.4 is 14.8 Å². The number of hydrogen-bond acceptors (Lipinski definition) is 7. The van der Waals surface area contributed by atoms with Gasteiger partial charge >= 0.3 is 0 Å². The Balaban J connectivity index is 1.56. The average molecular weight is 441 g/mol. The number of benzene rings is 2. The van der Waals surface area contributed by atoms with Gasteiger partial charge in [0.25, 0.3) is 11.6 Å². The van der Waals surface area contributed by atoms with Crippen molar-refractivity contribution in [3.05, 3.63) is 57.6 Å². The maximum absolute atomic E-state index is 13.3. The van der Waals surface area contributed by atoms with E-state index in [-0.39, 0.29) is 17.6 Å². The summed E-state index contributed by atoms with van der Waals surface area (Å²) in [7, 11) is 1.56. The van der Waals surface area contributed by atoms with Crippen molar-refractivity contribution in [3.8, 4) is 11.5 Å². The summed E-state index contributed by atoms with van der Waals surface area (Å²) in [5, 5.41) is 14.6. The number of ether oxygens (including phenoxy) is 3. The number of methoxy groups -OCH3 is 1. The zero-order valence-electron chi connectivity index (χ0n) is 18.0. The Morgan fingerprint density at radius 2 is 2.00 bits per heavy atom. The van der Waals surface area contributed by atoms with Crippen LogP contribution in [0.2, 0.25) is 0 Å². The summed E-state index contributed by atoms with van der Waals surface area (Å²) >= 11 is 0. The number of nitrogens with one attached hydrogen (secondary N) is 1. The van der Waals surface area contributed by atoms with Crippen molar-refractivity contribution in [1.29, 1.82) is 0 Å². The molecule has 2 heterocycles. The SMILES string of the molecule is COCCNc1ccc(C(=O)N2CCC[C@H]2c2ccc3c(c2)OCCCO3)cc1[N+](=O)[O-]. The highest BCUT2D eigenvalue weighted by molar-refractivity contribution is 5.96. The highest BCUT2D eigenvalue weighted by Gasteiger charge is 2.32. The Morgan fingerprint density at radius 1 is 1.19 bits per heavy atom. The predicted octanol–water partition coefficient (Wildman–Crippen LogP) is 3.79. The molecule has 2 aromatic carbocycles. The zero-order chi connectivity index (χ0) is 22.5. The Labute approximate surface area is 186 Å². The molecule has 9 nitrogen and oxygen atoms in total. The summed E-state index contributed by atoms with van der Waals surface area (Å²) in [6, 6.07) is 10.3. The molecule has 0 saturated carbocycles. The van der Waals surface area contributed by atoms with E-state index in [2.05, 4.69) is 5.32 Å². The molecule has 1 fully saturated rings. The lowest BCUT2D eigenvalue weighted by Crippen LogP contribution is -2.30. The molecule has 0 unspecified atom stereocenters. The molecule has 32 heavy (non-hydrogen) atoms. The maximum Gasteiger partial charge on any atom is 0.293 e. The first-order valence-corrected chi connectivity index (χ1v) is 10.8. The first-order chi connectivity index (χ1) is 15.6. The molecule has 1 saturated heterocycles. The number of anilines is 1. The third kappa shape index (κ3) is 4.62. The Hall–Kier alpha value is -3.33. The minimum atomic E-state index is -0.475. The fraction of sp³-hybridized carbons (Fsp3) is 0.435.